The van der Waals surface area contributed by atoms with Gasteiger partial charge < -0.3 is 20.7 Å². The highest BCUT2D eigenvalue weighted by Gasteiger charge is 2.49. The molecule has 1 saturated carbocycles. The lowest BCUT2D eigenvalue weighted by Crippen LogP contribution is -2.51. The highest BCUT2D eigenvalue weighted by molar-refractivity contribution is 7.22. The highest BCUT2D eigenvalue weighted by atomic mass is 35.5. The van der Waals surface area contributed by atoms with Gasteiger partial charge in [-0.3, -0.25) is 4.90 Å². The van der Waals surface area contributed by atoms with Crippen molar-refractivity contribution in [2.75, 3.05) is 36.8 Å². The number of nitrogens with one attached hydrogen (secondary N) is 1. The zero-order valence-electron chi connectivity index (χ0n) is 24.0. The number of piperidine rings is 1. The summed E-state index contributed by atoms with van der Waals surface area (Å²) in [6.07, 6.45) is 8.25. The Bertz CT molecular complexity index is 1730. The second kappa shape index (κ2) is 10.4. The predicted molar refractivity (Wildman–Crippen MR) is 167 cm³/mol. The van der Waals surface area contributed by atoms with E-state index < -0.39 is 11.6 Å². The fourth-order valence-electron chi connectivity index (χ4n) is 7.54. The molecule has 3 saturated heterocycles. The number of benzene rings is 2. The number of likely N-dealkylation sites (tertiary alicyclic amines) is 1. The normalized spacial score (nSPS) is 23.9. The number of anilines is 2. The number of thiazole rings is 1. The Morgan fingerprint density at radius 3 is 2.67 bits per heavy atom. The van der Waals surface area contributed by atoms with Crippen molar-refractivity contribution in [2.45, 2.75) is 75.6 Å². The summed E-state index contributed by atoms with van der Waals surface area (Å²) in [7, 11) is 0. The Morgan fingerprint density at radius 2 is 1.91 bits per heavy atom. The molecule has 0 amide bonds. The van der Waals surface area contributed by atoms with Gasteiger partial charge in [-0.25, -0.2) is 13.8 Å². The van der Waals surface area contributed by atoms with Crippen LogP contribution in [0.15, 0.2) is 18.2 Å². The number of nitrogens with zero attached hydrogens (tertiary/aromatic N) is 5. The van der Waals surface area contributed by atoms with Gasteiger partial charge in [0.1, 0.15) is 23.3 Å². The molecule has 3 atom stereocenters. The van der Waals surface area contributed by atoms with Crippen LogP contribution < -0.4 is 20.7 Å². The van der Waals surface area contributed by atoms with Gasteiger partial charge in [0, 0.05) is 53.8 Å². The van der Waals surface area contributed by atoms with Gasteiger partial charge in [-0.2, -0.15) is 9.97 Å². The molecule has 12 heteroatoms. The Labute approximate surface area is 257 Å². The van der Waals surface area contributed by atoms with Crippen LogP contribution in [0.5, 0.6) is 6.01 Å². The third kappa shape index (κ3) is 4.79. The van der Waals surface area contributed by atoms with Gasteiger partial charge in [-0.1, -0.05) is 29.4 Å². The zero-order chi connectivity index (χ0) is 29.5. The van der Waals surface area contributed by atoms with Crippen molar-refractivity contribution < 1.29 is 13.5 Å². The number of ether oxygens (including phenoxy) is 1. The van der Waals surface area contributed by atoms with Crippen LogP contribution in [-0.4, -0.2) is 69.8 Å². The SMILES string of the molecule is C[C@@H](CN1CCCCC12CC2)Oc1nc(N2CC3CCC(C2)N3)c2cc(Cl)c(-c3ccc(F)c4sc(N)nc34)c(F)c2n1. The number of hydrogen-bond donors (Lipinski definition) is 2. The minimum absolute atomic E-state index is 0.109. The van der Waals surface area contributed by atoms with Crippen LogP contribution in [0, 0.1) is 11.6 Å². The second-order valence-electron chi connectivity index (χ2n) is 12.7. The van der Waals surface area contributed by atoms with Gasteiger partial charge in [0.2, 0.25) is 0 Å². The van der Waals surface area contributed by atoms with Gasteiger partial charge in [-0.15, -0.1) is 0 Å². The fourth-order valence-corrected chi connectivity index (χ4v) is 8.60. The van der Waals surface area contributed by atoms with E-state index in [1.807, 2.05) is 6.92 Å². The number of nitrogens with two attached hydrogens (primary N) is 1. The standard InChI is InChI=1S/C31H34ClF2N7OS/c1-16(13-41-11-3-2-8-31(41)9-10-31)42-30-38-25-20(28(39-30)40-14-17-4-5-18(15-40)36-17)12-21(32)23(24(25)34)19-6-7-22(33)27-26(19)37-29(35)43-27/h6-7,12,16-18,36H,2-5,8-11,13-15H2,1H3,(H2,35,37)/t16-,17?,18?/m0/s1. The molecule has 2 aromatic carbocycles. The number of nitrogen functional groups attached to an aromatic ring is 1. The summed E-state index contributed by atoms with van der Waals surface area (Å²) in [6, 6.07) is 5.36. The Balaban J connectivity index is 1.23. The molecule has 0 radical (unpaired) electrons. The van der Waals surface area contributed by atoms with Gasteiger partial charge in [0.05, 0.1) is 15.2 Å². The number of fused-ring (bicyclic) bond motifs is 4. The largest absolute Gasteiger partial charge is 0.459 e. The van der Waals surface area contributed by atoms with Crippen LogP contribution in [0.2, 0.25) is 5.02 Å². The van der Waals surface area contributed by atoms with E-state index in [0.717, 1.165) is 50.4 Å². The summed E-state index contributed by atoms with van der Waals surface area (Å²) in [4.78, 5) is 18.6. The van der Waals surface area contributed by atoms with Gasteiger partial charge in [0.25, 0.3) is 0 Å². The monoisotopic (exact) mass is 625 g/mol. The maximum atomic E-state index is 16.7. The molecule has 43 heavy (non-hydrogen) atoms. The van der Waals surface area contributed by atoms with Crippen LogP contribution in [-0.2, 0) is 0 Å². The van der Waals surface area contributed by atoms with Crippen LogP contribution in [0.4, 0.5) is 19.7 Å². The summed E-state index contributed by atoms with van der Waals surface area (Å²) >= 11 is 7.85. The van der Waals surface area contributed by atoms with Crippen molar-refractivity contribution in [1.82, 2.24) is 25.2 Å². The van der Waals surface area contributed by atoms with Crippen molar-refractivity contribution in [2.24, 2.45) is 0 Å². The molecule has 8 nitrogen and oxygen atoms in total. The van der Waals surface area contributed by atoms with Crippen molar-refractivity contribution in [1.29, 1.82) is 0 Å². The Morgan fingerprint density at radius 1 is 1.12 bits per heavy atom. The van der Waals surface area contributed by atoms with E-state index in [1.54, 1.807) is 6.07 Å². The molecule has 3 N–H and O–H groups in total. The van der Waals surface area contributed by atoms with E-state index in [2.05, 4.69) is 25.1 Å². The van der Waals surface area contributed by atoms with Crippen molar-refractivity contribution in [3.63, 3.8) is 0 Å². The lowest BCUT2D eigenvalue weighted by atomic mass is 9.99. The van der Waals surface area contributed by atoms with E-state index in [1.165, 1.54) is 44.2 Å². The Kier molecular flexibility index (Phi) is 6.67. The molecular weight excluding hydrogens is 592 g/mol. The summed E-state index contributed by atoms with van der Waals surface area (Å²) in [5, 5.41) is 4.55. The highest BCUT2D eigenvalue weighted by Crippen LogP contribution is 2.48. The number of halogens is 3. The smallest absolute Gasteiger partial charge is 0.319 e. The molecule has 2 bridgehead atoms. The van der Waals surface area contributed by atoms with Crippen molar-refractivity contribution in [3.05, 3.63) is 34.9 Å². The summed E-state index contributed by atoms with van der Waals surface area (Å²) in [5.41, 5.74) is 7.12. The maximum absolute atomic E-state index is 16.7. The quantitative estimate of drug-likeness (QED) is 0.264. The first-order valence-corrected chi connectivity index (χ1v) is 16.4. The lowest BCUT2D eigenvalue weighted by Gasteiger charge is -2.37. The van der Waals surface area contributed by atoms with Crippen molar-refractivity contribution >= 4 is 55.0 Å². The first-order valence-electron chi connectivity index (χ1n) is 15.3. The molecule has 2 unspecified atom stereocenters. The van der Waals surface area contributed by atoms with Gasteiger partial charge in [0.15, 0.2) is 10.9 Å². The molecule has 1 aliphatic carbocycles. The maximum Gasteiger partial charge on any atom is 0.319 e. The minimum Gasteiger partial charge on any atom is -0.459 e. The summed E-state index contributed by atoms with van der Waals surface area (Å²) in [5.74, 6) is -0.458. The van der Waals surface area contributed by atoms with E-state index in [0.29, 0.717) is 34.4 Å². The first kappa shape index (κ1) is 27.7. The van der Waals surface area contributed by atoms with Crippen LogP contribution in [0.1, 0.15) is 51.9 Å². The molecule has 5 heterocycles. The minimum atomic E-state index is -0.616. The molecular formula is C31H34ClF2N7OS. The topological polar surface area (TPSA) is 92.4 Å². The average molecular weight is 626 g/mol. The zero-order valence-corrected chi connectivity index (χ0v) is 25.6. The van der Waals surface area contributed by atoms with E-state index in [9.17, 15) is 4.39 Å². The van der Waals surface area contributed by atoms with Crippen molar-refractivity contribution in [3.8, 4) is 17.1 Å². The molecule has 3 aliphatic heterocycles. The van der Waals surface area contributed by atoms with Gasteiger partial charge >= 0.3 is 6.01 Å². The number of hydrogen-bond acceptors (Lipinski definition) is 9. The number of rotatable bonds is 6. The molecule has 4 aromatic rings. The predicted octanol–water partition coefficient (Wildman–Crippen LogP) is 6.15. The third-order valence-electron chi connectivity index (χ3n) is 9.74. The van der Waals surface area contributed by atoms with Crippen LogP contribution >= 0.6 is 22.9 Å². The van der Waals surface area contributed by atoms with Gasteiger partial charge in [-0.05, 0) is 70.2 Å². The lowest BCUT2D eigenvalue weighted by molar-refractivity contribution is 0.0715. The fraction of sp³-hybridized carbons (Fsp3) is 0.516. The van der Waals surface area contributed by atoms with E-state index >= 15 is 4.39 Å². The molecule has 4 aliphatic rings. The van der Waals surface area contributed by atoms with Crippen LogP contribution in [0.3, 0.4) is 0 Å². The summed E-state index contributed by atoms with van der Waals surface area (Å²) in [6.45, 7) is 5.40. The molecule has 1 spiro atoms. The molecule has 4 fully saturated rings. The average Bonchev–Trinajstić information content (AvgIpc) is 3.51. The Hall–Kier alpha value is -2.86. The first-order chi connectivity index (χ1) is 20.8. The molecule has 8 rings (SSSR count). The van der Waals surface area contributed by atoms with E-state index in [4.69, 9.17) is 27.1 Å². The second-order valence-corrected chi connectivity index (χ2v) is 14.1. The van der Waals surface area contributed by atoms with E-state index in [-0.39, 0.29) is 43.6 Å². The number of aromatic nitrogens is 3. The molecule has 226 valence electrons. The van der Waals surface area contributed by atoms with Crippen LogP contribution in [0.25, 0.3) is 32.2 Å². The molecule has 2 aromatic heterocycles. The number of piperazine rings is 1. The third-order valence-corrected chi connectivity index (χ3v) is 10.9. The summed E-state index contributed by atoms with van der Waals surface area (Å²) < 4.78 is 38.0.